The van der Waals surface area contributed by atoms with Crippen molar-refractivity contribution < 1.29 is 9.84 Å². The molecule has 22 heavy (non-hydrogen) atoms. The predicted molar refractivity (Wildman–Crippen MR) is 94.6 cm³/mol. The van der Waals surface area contributed by atoms with Crippen LogP contribution in [0.5, 0.6) is 0 Å². The van der Waals surface area contributed by atoms with Crippen LogP contribution in [0.15, 0.2) is 0 Å². The normalized spacial score (nSPS) is 31.2. The molecule has 0 saturated heterocycles. The molecule has 0 aromatic carbocycles. The minimum atomic E-state index is -0.365. The molecule has 132 valence electrons. The van der Waals surface area contributed by atoms with Crippen LogP contribution in [-0.2, 0) is 4.74 Å². The number of rotatable bonds is 7. The SMILES string of the molecule is CC1CCC(C(C)C)C(OCC(O)CNC2CCCC2)C1.Cl. The van der Waals surface area contributed by atoms with Gasteiger partial charge in [-0.2, -0.15) is 0 Å². The monoisotopic (exact) mass is 333 g/mol. The van der Waals surface area contributed by atoms with Gasteiger partial charge in [0.05, 0.1) is 18.8 Å². The Morgan fingerprint density at radius 2 is 1.82 bits per heavy atom. The summed E-state index contributed by atoms with van der Waals surface area (Å²) in [5.74, 6) is 2.10. The molecule has 0 aliphatic heterocycles. The largest absolute Gasteiger partial charge is 0.389 e. The van der Waals surface area contributed by atoms with Crippen LogP contribution >= 0.6 is 12.4 Å². The Kier molecular flexibility index (Phi) is 9.30. The van der Waals surface area contributed by atoms with Gasteiger partial charge in [-0.05, 0) is 43.4 Å². The van der Waals surface area contributed by atoms with Gasteiger partial charge in [-0.1, -0.05) is 40.0 Å². The summed E-state index contributed by atoms with van der Waals surface area (Å²) in [5, 5.41) is 13.6. The fourth-order valence-electron chi connectivity index (χ4n) is 4.03. The number of hydrogen-bond acceptors (Lipinski definition) is 3. The molecular weight excluding hydrogens is 298 g/mol. The molecule has 0 aromatic heterocycles. The lowest BCUT2D eigenvalue weighted by atomic mass is 9.75. The molecule has 0 radical (unpaired) electrons. The van der Waals surface area contributed by atoms with E-state index in [0.717, 1.165) is 12.3 Å². The van der Waals surface area contributed by atoms with E-state index in [0.29, 0.717) is 37.1 Å². The maximum Gasteiger partial charge on any atom is 0.0897 e. The van der Waals surface area contributed by atoms with Crippen molar-refractivity contribution in [2.75, 3.05) is 13.2 Å². The van der Waals surface area contributed by atoms with E-state index in [4.69, 9.17) is 4.74 Å². The van der Waals surface area contributed by atoms with E-state index < -0.39 is 0 Å². The van der Waals surface area contributed by atoms with Gasteiger partial charge in [-0.3, -0.25) is 0 Å². The summed E-state index contributed by atoms with van der Waals surface area (Å²) < 4.78 is 6.11. The summed E-state index contributed by atoms with van der Waals surface area (Å²) in [6, 6.07) is 0.623. The van der Waals surface area contributed by atoms with E-state index in [-0.39, 0.29) is 18.5 Å². The third kappa shape index (κ3) is 6.35. The molecule has 4 heteroatoms. The minimum absolute atomic E-state index is 0. The van der Waals surface area contributed by atoms with E-state index in [9.17, 15) is 5.11 Å². The highest BCUT2D eigenvalue weighted by Crippen LogP contribution is 2.35. The van der Waals surface area contributed by atoms with Crippen molar-refractivity contribution in [1.82, 2.24) is 5.32 Å². The van der Waals surface area contributed by atoms with Gasteiger partial charge in [0.15, 0.2) is 0 Å². The average Bonchev–Trinajstić information content (AvgIpc) is 2.96. The van der Waals surface area contributed by atoms with Crippen LogP contribution in [0.2, 0.25) is 0 Å². The number of nitrogens with one attached hydrogen (secondary N) is 1. The zero-order valence-corrected chi connectivity index (χ0v) is 15.4. The molecule has 2 aliphatic rings. The molecule has 3 nitrogen and oxygen atoms in total. The molecule has 2 saturated carbocycles. The zero-order chi connectivity index (χ0) is 15.2. The second-order valence-electron chi connectivity index (χ2n) is 7.74. The van der Waals surface area contributed by atoms with E-state index >= 15 is 0 Å². The van der Waals surface area contributed by atoms with Gasteiger partial charge in [0.2, 0.25) is 0 Å². The molecule has 2 N–H and O–H groups in total. The quantitative estimate of drug-likeness (QED) is 0.745. The Labute approximate surface area is 143 Å². The number of aliphatic hydroxyl groups excluding tert-OH is 1. The van der Waals surface area contributed by atoms with E-state index in [1.165, 1.54) is 38.5 Å². The summed E-state index contributed by atoms with van der Waals surface area (Å²) in [7, 11) is 0. The first-order chi connectivity index (χ1) is 10.1. The number of ether oxygens (including phenoxy) is 1. The van der Waals surface area contributed by atoms with Crippen molar-refractivity contribution in [2.24, 2.45) is 17.8 Å². The van der Waals surface area contributed by atoms with E-state index in [1.807, 2.05) is 0 Å². The molecule has 4 atom stereocenters. The first-order valence-corrected chi connectivity index (χ1v) is 9.09. The average molecular weight is 334 g/mol. The van der Waals surface area contributed by atoms with E-state index in [1.54, 1.807) is 0 Å². The second kappa shape index (κ2) is 10.1. The third-order valence-corrected chi connectivity index (χ3v) is 5.46. The Bertz CT molecular complexity index is 295. The number of aliphatic hydroxyl groups is 1. The summed E-state index contributed by atoms with van der Waals surface area (Å²) >= 11 is 0. The smallest absolute Gasteiger partial charge is 0.0897 e. The fourth-order valence-corrected chi connectivity index (χ4v) is 4.03. The topological polar surface area (TPSA) is 41.5 Å². The molecule has 0 heterocycles. The Balaban J connectivity index is 0.00000242. The van der Waals surface area contributed by atoms with Crippen molar-refractivity contribution in [2.45, 2.75) is 84.0 Å². The maximum absolute atomic E-state index is 10.1. The van der Waals surface area contributed by atoms with Crippen LogP contribution in [0.4, 0.5) is 0 Å². The zero-order valence-electron chi connectivity index (χ0n) is 14.6. The number of halogens is 1. The lowest BCUT2D eigenvalue weighted by Gasteiger charge is -2.37. The molecule has 2 aliphatic carbocycles. The second-order valence-corrected chi connectivity index (χ2v) is 7.74. The van der Waals surface area contributed by atoms with Crippen molar-refractivity contribution in [1.29, 1.82) is 0 Å². The minimum Gasteiger partial charge on any atom is -0.389 e. The van der Waals surface area contributed by atoms with Gasteiger partial charge in [-0.15, -0.1) is 12.4 Å². The number of hydrogen-bond donors (Lipinski definition) is 2. The summed E-state index contributed by atoms with van der Waals surface area (Å²) in [5.41, 5.74) is 0. The summed E-state index contributed by atoms with van der Waals surface area (Å²) in [6.07, 6.45) is 8.94. The van der Waals surface area contributed by atoms with Gasteiger partial charge in [0, 0.05) is 12.6 Å². The van der Waals surface area contributed by atoms with E-state index in [2.05, 4.69) is 26.1 Å². The maximum atomic E-state index is 10.1. The predicted octanol–water partition coefficient (Wildman–Crippen LogP) is 3.78. The molecule has 2 rings (SSSR count). The van der Waals surface area contributed by atoms with Crippen LogP contribution in [0.3, 0.4) is 0 Å². The van der Waals surface area contributed by atoms with Crippen molar-refractivity contribution >= 4 is 12.4 Å². The summed E-state index contributed by atoms with van der Waals surface area (Å²) in [6.45, 7) is 8.09. The Morgan fingerprint density at radius 3 is 2.45 bits per heavy atom. The molecule has 4 unspecified atom stereocenters. The first kappa shape index (κ1) is 20.2. The fraction of sp³-hybridized carbons (Fsp3) is 1.00. The van der Waals surface area contributed by atoms with Gasteiger partial charge >= 0.3 is 0 Å². The van der Waals surface area contributed by atoms with Crippen molar-refractivity contribution in [3.8, 4) is 0 Å². The molecular formula is C18H36ClNO2. The first-order valence-electron chi connectivity index (χ1n) is 9.09. The van der Waals surface area contributed by atoms with Gasteiger partial charge in [-0.25, -0.2) is 0 Å². The Hall–Kier alpha value is 0.170. The highest BCUT2D eigenvalue weighted by atomic mass is 35.5. The molecule has 2 fully saturated rings. The summed E-state index contributed by atoms with van der Waals surface area (Å²) in [4.78, 5) is 0. The van der Waals surface area contributed by atoms with Crippen molar-refractivity contribution in [3.63, 3.8) is 0 Å². The van der Waals surface area contributed by atoms with Gasteiger partial charge in [0.25, 0.3) is 0 Å². The van der Waals surface area contributed by atoms with Gasteiger partial charge in [0.1, 0.15) is 0 Å². The third-order valence-electron chi connectivity index (χ3n) is 5.46. The van der Waals surface area contributed by atoms with Crippen LogP contribution in [0, 0.1) is 17.8 Å². The van der Waals surface area contributed by atoms with Crippen LogP contribution in [-0.4, -0.2) is 36.5 Å². The lowest BCUT2D eigenvalue weighted by molar-refractivity contribution is -0.0685. The standard InChI is InChI=1S/C18H35NO2.ClH/c1-13(2)17-9-8-14(3)10-18(17)21-12-16(20)11-19-15-6-4-5-7-15;/h13-20H,4-12H2,1-3H3;1H. The van der Waals surface area contributed by atoms with Crippen LogP contribution < -0.4 is 5.32 Å². The molecule has 0 bridgehead atoms. The van der Waals surface area contributed by atoms with Crippen molar-refractivity contribution in [3.05, 3.63) is 0 Å². The highest BCUT2D eigenvalue weighted by Gasteiger charge is 2.31. The van der Waals surface area contributed by atoms with Crippen LogP contribution in [0.1, 0.15) is 65.7 Å². The van der Waals surface area contributed by atoms with Gasteiger partial charge < -0.3 is 15.2 Å². The molecule has 0 aromatic rings. The highest BCUT2D eigenvalue weighted by molar-refractivity contribution is 5.85. The lowest BCUT2D eigenvalue weighted by Crippen LogP contribution is -2.39. The van der Waals surface area contributed by atoms with Crippen LogP contribution in [0.25, 0.3) is 0 Å². The Morgan fingerprint density at radius 1 is 1.14 bits per heavy atom. The molecule has 0 spiro atoms. The molecule has 0 amide bonds.